The van der Waals surface area contributed by atoms with Gasteiger partial charge in [0.2, 0.25) is 5.91 Å². The van der Waals surface area contributed by atoms with Crippen LogP contribution in [0.1, 0.15) is 12.5 Å². The molecule has 1 aliphatic heterocycles. The Morgan fingerprint density at radius 1 is 1.11 bits per heavy atom. The number of amides is 2. The second-order valence-corrected chi connectivity index (χ2v) is 8.07. The Morgan fingerprint density at radius 2 is 1.79 bits per heavy atom. The monoisotopic (exact) mass is 403 g/mol. The number of nitrogens with one attached hydrogen (secondary N) is 2. The van der Waals surface area contributed by atoms with Crippen LogP contribution in [0, 0.1) is 0 Å². The number of hydrogen-bond acceptors (Lipinski definition) is 5. The summed E-state index contributed by atoms with van der Waals surface area (Å²) in [4.78, 5) is 24.8. The van der Waals surface area contributed by atoms with Crippen LogP contribution in [0.15, 0.2) is 47.4 Å². The molecule has 0 atom stereocenters. The van der Waals surface area contributed by atoms with Gasteiger partial charge in [-0.3, -0.25) is 14.3 Å². The lowest BCUT2D eigenvalue weighted by molar-refractivity contribution is -0.122. The standard InChI is InChI=1S/C19H21N3O5S/c1-13(23)20-15-3-6-17(7-4-15)28(25,26)21-16-5-8-18-14(11-16)9-10-22(18)19(24)12-27-2/h3-8,11,21H,9-10,12H2,1-2H3,(H,20,23). The third kappa shape index (κ3) is 4.32. The van der Waals surface area contributed by atoms with Gasteiger partial charge in [-0.1, -0.05) is 0 Å². The Hall–Kier alpha value is -2.91. The number of nitrogens with zero attached hydrogens (tertiary/aromatic N) is 1. The first-order valence-electron chi connectivity index (χ1n) is 8.63. The zero-order valence-corrected chi connectivity index (χ0v) is 16.4. The molecule has 0 spiro atoms. The van der Waals surface area contributed by atoms with E-state index in [0.717, 1.165) is 11.3 Å². The van der Waals surface area contributed by atoms with E-state index < -0.39 is 10.0 Å². The summed E-state index contributed by atoms with van der Waals surface area (Å²) in [5.41, 5.74) is 2.60. The number of methoxy groups -OCH3 is 1. The number of carbonyl (C=O) groups is 2. The number of ether oxygens (including phenoxy) is 1. The number of rotatable bonds is 6. The summed E-state index contributed by atoms with van der Waals surface area (Å²) in [5, 5.41) is 2.59. The van der Waals surface area contributed by atoms with E-state index in [1.807, 2.05) is 0 Å². The Balaban J connectivity index is 1.76. The molecule has 1 heterocycles. The number of anilines is 3. The topological polar surface area (TPSA) is 105 Å². The van der Waals surface area contributed by atoms with Gasteiger partial charge < -0.3 is 15.0 Å². The highest BCUT2D eigenvalue weighted by Crippen LogP contribution is 2.31. The van der Waals surface area contributed by atoms with Crippen LogP contribution in [0.25, 0.3) is 0 Å². The molecule has 148 valence electrons. The fourth-order valence-electron chi connectivity index (χ4n) is 3.06. The van der Waals surface area contributed by atoms with Gasteiger partial charge in [-0.25, -0.2) is 8.42 Å². The van der Waals surface area contributed by atoms with E-state index in [0.29, 0.717) is 24.3 Å². The minimum Gasteiger partial charge on any atom is -0.375 e. The zero-order chi connectivity index (χ0) is 20.3. The maximum absolute atomic E-state index is 12.6. The Kier molecular flexibility index (Phi) is 5.66. The van der Waals surface area contributed by atoms with Gasteiger partial charge in [0.15, 0.2) is 0 Å². The molecule has 2 amide bonds. The van der Waals surface area contributed by atoms with Gasteiger partial charge in [0, 0.05) is 37.6 Å². The van der Waals surface area contributed by atoms with Crippen LogP contribution in [-0.2, 0) is 30.8 Å². The van der Waals surface area contributed by atoms with Crippen molar-refractivity contribution in [2.45, 2.75) is 18.2 Å². The third-order valence-electron chi connectivity index (χ3n) is 4.28. The minimum atomic E-state index is -3.78. The third-order valence-corrected chi connectivity index (χ3v) is 5.68. The van der Waals surface area contributed by atoms with Gasteiger partial charge >= 0.3 is 0 Å². The first-order valence-corrected chi connectivity index (χ1v) is 10.1. The maximum Gasteiger partial charge on any atom is 0.261 e. The Morgan fingerprint density at radius 3 is 2.43 bits per heavy atom. The second kappa shape index (κ2) is 7.99. The molecule has 2 aromatic carbocycles. The van der Waals surface area contributed by atoms with Crippen molar-refractivity contribution in [3.8, 4) is 0 Å². The molecule has 1 aliphatic rings. The average molecular weight is 403 g/mol. The van der Waals surface area contributed by atoms with Crippen LogP contribution in [0.2, 0.25) is 0 Å². The predicted octanol–water partition coefficient (Wildman–Crippen LogP) is 1.98. The van der Waals surface area contributed by atoms with Gasteiger partial charge in [-0.15, -0.1) is 0 Å². The molecular weight excluding hydrogens is 382 g/mol. The van der Waals surface area contributed by atoms with Gasteiger partial charge in [0.05, 0.1) is 4.90 Å². The fourth-order valence-corrected chi connectivity index (χ4v) is 4.11. The van der Waals surface area contributed by atoms with E-state index >= 15 is 0 Å². The SMILES string of the molecule is COCC(=O)N1CCc2cc(NS(=O)(=O)c3ccc(NC(C)=O)cc3)ccc21. The molecule has 0 saturated heterocycles. The van der Waals surface area contributed by atoms with Gasteiger partial charge in [0.25, 0.3) is 15.9 Å². The summed E-state index contributed by atoms with van der Waals surface area (Å²) < 4.78 is 32.7. The molecule has 0 radical (unpaired) electrons. The lowest BCUT2D eigenvalue weighted by Gasteiger charge is -2.17. The molecule has 0 saturated carbocycles. The molecular formula is C19H21N3O5S. The van der Waals surface area contributed by atoms with E-state index in [4.69, 9.17) is 4.74 Å². The van der Waals surface area contributed by atoms with Crippen molar-refractivity contribution < 1.29 is 22.7 Å². The molecule has 0 unspecified atom stereocenters. The second-order valence-electron chi connectivity index (χ2n) is 6.38. The van der Waals surface area contributed by atoms with E-state index in [2.05, 4.69) is 10.0 Å². The zero-order valence-electron chi connectivity index (χ0n) is 15.6. The average Bonchev–Trinajstić information content (AvgIpc) is 3.05. The van der Waals surface area contributed by atoms with Gasteiger partial charge in [-0.2, -0.15) is 0 Å². The molecule has 28 heavy (non-hydrogen) atoms. The number of hydrogen-bond donors (Lipinski definition) is 2. The van der Waals surface area contributed by atoms with Crippen molar-refractivity contribution in [2.24, 2.45) is 0 Å². The highest BCUT2D eigenvalue weighted by Gasteiger charge is 2.25. The summed E-state index contributed by atoms with van der Waals surface area (Å²) in [6, 6.07) is 11.0. The predicted molar refractivity (Wildman–Crippen MR) is 106 cm³/mol. The maximum atomic E-state index is 12.6. The van der Waals surface area contributed by atoms with Crippen LogP contribution in [0.3, 0.4) is 0 Å². The number of sulfonamides is 1. The molecule has 9 heteroatoms. The normalized spacial score (nSPS) is 13.1. The summed E-state index contributed by atoms with van der Waals surface area (Å²) in [6.07, 6.45) is 0.645. The lowest BCUT2D eigenvalue weighted by atomic mass is 10.1. The highest BCUT2D eigenvalue weighted by atomic mass is 32.2. The van der Waals surface area contributed by atoms with Crippen LogP contribution < -0.4 is 14.9 Å². The van der Waals surface area contributed by atoms with Crippen LogP contribution in [-0.4, -0.2) is 40.5 Å². The van der Waals surface area contributed by atoms with E-state index in [1.165, 1.54) is 38.3 Å². The summed E-state index contributed by atoms with van der Waals surface area (Å²) in [6.45, 7) is 1.92. The first kappa shape index (κ1) is 19.8. The van der Waals surface area contributed by atoms with Crippen molar-refractivity contribution in [3.05, 3.63) is 48.0 Å². The molecule has 0 bridgehead atoms. The summed E-state index contributed by atoms with van der Waals surface area (Å²) in [7, 11) is -2.31. The van der Waals surface area contributed by atoms with Crippen molar-refractivity contribution in [1.82, 2.24) is 0 Å². The molecule has 0 aliphatic carbocycles. The molecule has 2 N–H and O–H groups in total. The van der Waals surface area contributed by atoms with Gasteiger partial charge in [-0.05, 0) is 54.4 Å². The number of fused-ring (bicyclic) bond motifs is 1. The fraction of sp³-hybridized carbons (Fsp3) is 0.263. The Bertz CT molecular complexity index is 1000. The molecule has 3 rings (SSSR count). The van der Waals surface area contributed by atoms with Crippen LogP contribution in [0.4, 0.5) is 17.1 Å². The Labute approximate surface area is 163 Å². The van der Waals surface area contributed by atoms with E-state index in [-0.39, 0.29) is 23.3 Å². The van der Waals surface area contributed by atoms with Crippen LogP contribution >= 0.6 is 0 Å². The van der Waals surface area contributed by atoms with Crippen molar-refractivity contribution in [1.29, 1.82) is 0 Å². The number of benzene rings is 2. The molecule has 0 fully saturated rings. The summed E-state index contributed by atoms with van der Waals surface area (Å²) >= 11 is 0. The highest BCUT2D eigenvalue weighted by molar-refractivity contribution is 7.92. The number of carbonyl (C=O) groups excluding carboxylic acids is 2. The molecule has 0 aromatic heterocycles. The quantitative estimate of drug-likeness (QED) is 0.767. The van der Waals surface area contributed by atoms with Gasteiger partial charge in [0.1, 0.15) is 6.61 Å². The minimum absolute atomic E-state index is 0.00228. The van der Waals surface area contributed by atoms with Crippen molar-refractivity contribution >= 4 is 38.9 Å². The van der Waals surface area contributed by atoms with Crippen molar-refractivity contribution in [3.63, 3.8) is 0 Å². The van der Waals surface area contributed by atoms with Crippen molar-refractivity contribution in [2.75, 3.05) is 35.2 Å². The molecule has 8 nitrogen and oxygen atoms in total. The first-order chi connectivity index (χ1) is 13.3. The molecule has 2 aromatic rings. The van der Waals surface area contributed by atoms with E-state index in [9.17, 15) is 18.0 Å². The lowest BCUT2D eigenvalue weighted by Crippen LogP contribution is -2.31. The van der Waals surface area contributed by atoms with E-state index in [1.54, 1.807) is 23.1 Å². The van der Waals surface area contributed by atoms with Crippen LogP contribution in [0.5, 0.6) is 0 Å². The smallest absolute Gasteiger partial charge is 0.261 e. The largest absolute Gasteiger partial charge is 0.375 e. The summed E-state index contributed by atoms with van der Waals surface area (Å²) in [5.74, 6) is -0.362.